The number of rotatable bonds is 7. The van der Waals surface area contributed by atoms with E-state index in [1.54, 1.807) is 29.2 Å². The minimum absolute atomic E-state index is 0.0851. The first-order valence-electron chi connectivity index (χ1n) is 8.70. The lowest BCUT2D eigenvalue weighted by Gasteiger charge is -2.18. The van der Waals surface area contributed by atoms with Crippen molar-refractivity contribution in [3.05, 3.63) is 52.7 Å². The molecule has 2 amide bonds. The third kappa shape index (κ3) is 6.37. The Bertz CT molecular complexity index is 872. The Kier molecular flexibility index (Phi) is 7.92. The van der Waals surface area contributed by atoms with Crippen LogP contribution in [0, 0.1) is 0 Å². The quantitative estimate of drug-likeness (QED) is 0.611. The zero-order valence-electron chi connectivity index (χ0n) is 15.7. The molecule has 0 bridgehead atoms. The highest BCUT2D eigenvalue weighted by Gasteiger charge is 2.31. The molecule has 0 atom stereocenters. The fraction of sp³-hybridized carbons (Fsp3) is 0.316. The van der Waals surface area contributed by atoms with Crippen molar-refractivity contribution in [2.24, 2.45) is 0 Å². The molecule has 0 unspecified atom stereocenters. The van der Waals surface area contributed by atoms with Gasteiger partial charge in [0.15, 0.2) is 0 Å². The third-order valence-corrected chi connectivity index (χ3v) is 5.35. The SMILES string of the molecule is CCN(CC)C(=O)c1ccc(NC(=O)CSc2ncc(C(F)(F)F)cc2Cl)cc1. The molecule has 0 saturated heterocycles. The van der Waals surface area contributed by atoms with Gasteiger partial charge in [0.1, 0.15) is 5.03 Å². The van der Waals surface area contributed by atoms with E-state index < -0.39 is 11.7 Å². The molecule has 0 saturated carbocycles. The van der Waals surface area contributed by atoms with Gasteiger partial charge in [-0.25, -0.2) is 4.98 Å². The average Bonchev–Trinajstić information content (AvgIpc) is 2.67. The number of carbonyl (C=O) groups excluding carboxylic acids is 2. The number of benzene rings is 1. The molecular weight excluding hydrogens is 427 g/mol. The molecule has 29 heavy (non-hydrogen) atoms. The summed E-state index contributed by atoms with van der Waals surface area (Å²) in [5, 5.41) is 2.62. The molecule has 2 aromatic rings. The minimum atomic E-state index is -4.53. The topological polar surface area (TPSA) is 62.3 Å². The first-order valence-corrected chi connectivity index (χ1v) is 10.1. The molecule has 0 spiro atoms. The fourth-order valence-electron chi connectivity index (χ4n) is 2.41. The molecule has 1 aromatic carbocycles. The van der Waals surface area contributed by atoms with Gasteiger partial charge in [-0.05, 0) is 44.2 Å². The highest BCUT2D eigenvalue weighted by Crippen LogP contribution is 2.33. The molecule has 1 N–H and O–H groups in total. The standard InChI is InChI=1S/C19H19ClF3N3O2S/c1-3-26(4-2)18(28)12-5-7-14(8-6-12)25-16(27)11-29-17-15(20)9-13(10-24-17)19(21,22)23/h5-10H,3-4,11H2,1-2H3,(H,25,27). The van der Waals surface area contributed by atoms with Gasteiger partial charge in [0.2, 0.25) is 5.91 Å². The summed E-state index contributed by atoms with van der Waals surface area (Å²) in [6, 6.07) is 7.25. The summed E-state index contributed by atoms with van der Waals surface area (Å²) in [5.74, 6) is -0.555. The number of alkyl halides is 3. The van der Waals surface area contributed by atoms with E-state index in [-0.39, 0.29) is 27.6 Å². The second-order valence-electron chi connectivity index (χ2n) is 5.90. The fourth-order valence-corrected chi connectivity index (χ4v) is 3.40. The number of thioether (sulfide) groups is 1. The lowest BCUT2D eigenvalue weighted by atomic mass is 10.2. The largest absolute Gasteiger partial charge is 0.417 e. The summed E-state index contributed by atoms with van der Waals surface area (Å²) in [5.41, 5.74) is 0.0654. The number of nitrogens with one attached hydrogen (secondary N) is 1. The second-order valence-corrected chi connectivity index (χ2v) is 7.27. The van der Waals surface area contributed by atoms with Crippen LogP contribution in [0.25, 0.3) is 0 Å². The van der Waals surface area contributed by atoms with Crippen LogP contribution < -0.4 is 5.32 Å². The number of hydrogen-bond donors (Lipinski definition) is 1. The van der Waals surface area contributed by atoms with Gasteiger partial charge >= 0.3 is 6.18 Å². The predicted molar refractivity (Wildman–Crippen MR) is 107 cm³/mol. The number of halogens is 4. The van der Waals surface area contributed by atoms with Gasteiger partial charge in [-0.15, -0.1) is 0 Å². The summed E-state index contributed by atoms with van der Waals surface area (Å²) < 4.78 is 37.9. The van der Waals surface area contributed by atoms with E-state index in [9.17, 15) is 22.8 Å². The van der Waals surface area contributed by atoms with E-state index in [1.165, 1.54) is 0 Å². The smallest absolute Gasteiger partial charge is 0.339 e. The molecule has 0 radical (unpaired) electrons. The molecule has 1 aromatic heterocycles. The number of anilines is 1. The number of carbonyl (C=O) groups is 2. The number of hydrogen-bond acceptors (Lipinski definition) is 4. The maximum absolute atomic E-state index is 12.6. The van der Waals surface area contributed by atoms with Crippen molar-refractivity contribution in [3.8, 4) is 0 Å². The van der Waals surface area contributed by atoms with Crippen LogP contribution in [0.1, 0.15) is 29.8 Å². The Morgan fingerprint density at radius 1 is 1.17 bits per heavy atom. The summed E-state index contributed by atoms with van der Waals surface area (Å²) in [4.78, 5) is 29.7. The summed E-state index contributed by atoms with van der Waals surface area (Å²) >= 11 is 6.75. The van der Waals surface area contributed by atoms with Crippen LogP contribution >= 0.6 is 23.4 Å². The van der Waals surface area contributed by atoms with Crippen molar-refractivity contribution in [2.45, 2.75) is 25.0 Å². The number of amides is 2. The van der Waals surface area contributed by atoms with Crippen molar-refractivity contribution in [3.63, 3.8) is 0 Å². The van der Waals surface area contributed by atoms with Crippen molar-refractivity contribution in [1.82, 2.24) is 9.88 Å². The molecular formula is C19H19ClF3N3O2S. The van der Waals surface area contributed by atoms with Gasteiger partial charge in [0, 0.05) is 30.5 Å². The maximum atomic E-state index is 12.6. The molecule has 2 rings (SSSR count). The van der Waals surface area contributed by atoms with Crippen molar-refractivity contribution in [1.29, 1.82) is 0 Å². The zero-order valence-corrected chi connectivity index (χ0v) is 17.3. The monoisotopic (exact) mass is 445 g/mol. The lowest BCUT2D eigenvalue weighted by Crippen LogP contribution is -2.30. The van der Waals surface area contributed by atoms with E-state index >= 15 is 0 Å². The number of pyridine rings is 1. The van der Waals surface area contributed by atoms with Crippen molar-refractivity contribution < 1.29 is 22.8 Å². The zero-order chi connectivity index (χ0) is 21.6. The van der Waals surface area contributed by atoms with Crippen molar-refractivity contribution >= 4 is 40.9 Å². The Balaban J connectivity index is 1.94. The van der Waals surface area contributed by atoms with Gasteiger partial charge in [-0.3, -0.25) is 9.59 Å². The summed E-state index contributed by atoms with van der Waals surface area (Å²) in [7, 11) is 0. The summed E-state index contributed by atoms with van der Waals surface area (Å²) in [6.45, 7) is 4.99. The van der Waals surface area contributed by atoms with Crippen LogP contribution in [-0.4, -0.2) is 40.5 Å². The summed E-state index contributed by atoms with van der Waals surface area (Å²) in [6.07, 6.45) is -3.85. The Labute approximate surface area is 175 Å². The first kappa shape index (κ1) is 23.0. The normalized spacial score (nSPS) is 11.2. The van der Waals surface area contributed by atoms with Crippen LogP contribution in [-0.2, 0) is 11.0 Å². The third-order valence-electron chi connectivity index (χ3n) is 3.94. The van der Waals surface area contributed by atoms with Gasteiger partial charge in [0.05, 0.1) is 16.3 Å². The van der Waals surface area contributed by atoms with Gasteiger partial charge < -0.3 is 10.2 Å². The highest BCUT2D eigenvalue weighted by molar-refractivity contribution is 8.00. The van der Waals surface area contributed by atoms with E-state index in [0.717, 1.165) is 17.8 Å². The second kappa shape index (κ2) is 9.98. The number of aromatic nitrogens is 1. The lowest BCUT2D eigenvalue weighted by molar-refractivity contribution is -0.137. The number of nitrogens with zero attached hydrogens (tertiary/aromatic N) is 2. The Morgan fingerprint density at radius 3 is 2.31 bits per heavy atom. The molecule has 1 heterocycles. The first-order chi connectivity index (χ1) is 13.7. The molecule has 0 aliphatic rings. The molecule has 10 heteroatoms. The average molecular weight is 446 g/mol. The van der Waals surface area contributed by atoms with Crippen LogP contribution in [0.2, 0.25) is 5.02 Å². The van der Waals surface area contributed by atoms with Gasteiger partial charge in [-0.2, -0.15) is 13.2 Å². The highest BCUT2D eigenvalue weighted by atomic mass is 35.5. The maximum Gasteiger partial charge on any atom is 0.417 e. The van der Waals surface area contributed by atoms with Gasteiger partial charge in [-0.1, -0.05) is 23.4 Å². The molecule has 0 fully saturated rings. The van der Waals surface area contributed by atoms with Crippen LogP contribution in [0.15, 0.2) is 41.6 Å². The molecule has 5 nitrogen and oxygen atoms in total. The Hall–Kier alpha value is -2.26. The predicted octanol–water partition coefficient (Wildman–Crippen LogP) is 4.97. The molecule has 0 aliphatic heterocycles. The van der Waals surface area contributed by atoms with Crippen molar-refractivity contribution in [2.75, 3.05) is 24.2 Å². The Morgan fingerprint density at radius 2 is 1.79 bits per heavy atom. The van der Waals surface area contributed by atoms with Crippen LogP contribution in [0.4, 0.5) is 18.9 Å². The molecule has 156 valence electrons. The van der Waals surface area contributed by atoms with Crippen LogP contribution in [0.3, 0.4) is 0 Å². The molecule has 0 aliphatic carbocycles. The van der Waals surface area contributed by atoms with Crippen LogP contribution in [0.5, 0.6) is 0 Å². The van der Waals surface area contributed by atoms with E-state index in [2.05, 4.69) is 10.3 Å². The van der Waals surface area contributed by atoms with Gasteiger partial charge in [0.25, 0.3) is 5.91 Å². The minimum Gasteiger partial charge on any atom is -0.339 e. The van der Waals surface area contributed by atoms with E-state index in [4.69, 9.17) is 11.6 Å². The van der Waals surface area contributed by atoms with E-state index in [0.29, 0.717) is 30.5 Å². The van der Waals surface area contributed by atoms with E-state index in [1.807, 2.05) is 13.8 Å².